The van der Waals surface area contributed by atoms with Gasteiger partial charge in [0.05, 0.1) is 43.0 Å². The molecule has 198 valence electrons. The van der Waals surface area contributed by atoms with E-state index in [0.29, 0.717) is 38.3 Å². The zero-order chi connectivity index (χ0) is 25.3. The fraction of sp³-hybridized carbons (Fsp3) is 0.714. The number of aliphatic hydroxyl groups is 5. The van der Waals surface area contributed by atoms with Gasteiger partial charge in [-0.2, -0.15) is 0 Å². The molecule has 0 bridgehead atoms. The van der Waals surface area contributed by atoms with Gasteiger partial charge in [-0.3, -0.25) is 14.7 Å². The van der Waals surface area contributed by atoms with Crippen LogP contribution in [0.3, 0.4) is 0 Å². The number of nitrogens with zero attached hydrogens (tertiary/aromatic N) is 3. The largest absolute Gasteiger partial charge is 6.00 e. The van der Waals surface area contributed by atoms with E-state index in [-0.39, 0.29) is 35.1 Å². The molecular weight excluding hydrogens is 526 g/mol. The Labute approximate surface area is 216 Å². The first kappa shape index (κ1) is 32.3. The first-order valence-electron chi connectivity index (χ1n) is 11.2. The average molecular weight is 561 g/mol. The topological polar surface area (TPSA) is 191 Å². The molecule has 1 aliphatic rings. The Morgan fingerprint density at radius 3 is 1.80 bits per heavy atom. The first-order chi connectivity index (χ1) is 16.2. The zero-order valence-corrected chi connectivity index (χ0v) is 21.3. The predicted molar refractivity (Wildman–Crippen MR) is 119 cm³/mol. The predicted octanol–water partition coefficient (Wildman–Crippen LogP) is -4.20. The minimum Gasteiger partial charge on any atom is -0.853 e. The molecule has 0 aromatic heterocycles. The van der Waals surface area contributed by atoms with Crippen molar-refractivity contribution in [2.24, 2.45) is 0 Å². The van der Waals surface area contributed by atoms with Crippen LogP contribution in [0, 0.1) is 0 Å². The minimum atomic E-state index is -4.69. The minimum absolute atomic E-state index is 0. The molecule has 1 heterocycles. The molecule has 1 saturated heterocycles. The van der Waals surface area contributed by atoms with Gasteiger partial charge in [0.25, 0.3) is 0 Å². The second-order valence-corrected chi connectivity index (χ2v) is 9.74. The van der Waals surface area contributed by atoms with Crippen LogP contribution in [0.4, 0.5) is 0 Å². The number of benzene rings is 1. The summed E-state index contributed by atoms with van der Waals surface area (Å²) in [5, 5.41) is 60.7. The van der Waals surface area contributed by atoms with Crippen molar-refractivity contribution in [1.82, 2.24) is 14.7 Å². The molecule has 1 aromatic rings. The molecule has 5 N–H and O–H groups in total. The van der Waals surface area contributed by atoms with E-state index >= 15 is 0 Å². The van der Waals surface area contributed by atoms with E-state index in [1.807, 2.05) is 4.90 Å². The molecule has 0 radical (unpaired) electrons. The molecule has 12 nitrogen and oxygen atoms in total. The maximum atomic E-state index is 11.8. The molecular formula is C21H35FeN3O9S+4. The SMILES string of the molecule is O=S(=O)([O-])c1ccccc1CN1CCN([C@H](C[O-])[C@H](O)CO)CCN([C@H](CO)[C@H](O)CO)CC1.[Fe+6]. The summed E-state index contributed by atoms with van der Waals surface area (Å²) in [5.41, 5.74) is 0.319. The number of aliphatic hydroxyl groups excluding tert-OH is 5. The van der Waals surface area contributed by atoms with Crippen molar-refractivity contribution >= 4 is 10.1 Å². The molecule has 1 fully saturated rings. The normalized spacial score (nSPS) is 20.7. The molecule has 0 saturated carbocycles. The Bertz CT molecular complexity index is 821. The molecule has 0 amide bonds. The van der Waals surface area contributed by atoms with Gasteiger partial charge in [0.2, 0.25) is 0 Å². The van der Waals surface area contributed by atoms with Crippen LogP contribution in [0.5, 0.6) is 0 Å². The summed E-state index contributed by atoms with van der Waals surface area (Å²) in [6.45, 7) is -0.133. The zero-order valence-electron chi connectivity index (χ0n) is 19.4. The third-order valence-electron chi connectivity index (χ3n) is 6.28. The fourth-order valence-electron chi connectivity index (χ4n) is 4.26. The molecule has 2 rings (SSSR count). The average Bonchev–Trinajstić information content (AvgIpc) is 2.91. The van der Waals surface area contributed by atoms with Crippen LogP contribution in [-0.4, -0.2) is 143 Å². The van der Waals surface area contributed by atoms with Crippen molar-refractivity contribution in [2.45, 2.75) is 35.7 Å². The summed E-state index contributed by atoms with van der Waals surface area (Å²) in [7, 11) is -4.69. The van der Waals surface area contributed by atoms with Crippen LogP contribution in [0.2, 0.25) is 0 Å². The van der Waals surface area contributed by atoms with Gasteiger partial charge in [0.15, 0.2) is 0 Å². The van der Waals surface area contributed by atoms with Crippen molar-refractivity contribution in [3.8, 4) is 0 Å². The van der Waals surface area contributed by atoms with Crippen LogP contribution < -0.4 is 5.11 Å². The first-order valence-corrected chi connectivity index (χ1v) is 12.6. The van der Waals surface area contributed by atoms with E-state index in [1.165, 1.54) is 12.1 Å². The molecule has 1 aromatic carbocycles. The van der Waals surface area contributed by atoms with Crippen LogP contribution >= 0.6 is 0 Å². The molecule has 1 aliphatic heterocycles. The van der Waals surface area contributed by atoms with E-state index in [1.54, 1.807) is 21.9 Å². The molecule has 4 atom stereocenters. The van der Waals surface area contributed by atoms with E-state index in [2.05, 4.69) is 0 Å². The second-order valence-electron chi connectivity index (χ2n) is 8.39. The molecule has 14 heteroatoms. The number of hydrogen-bond donors (Lipinski definition) is 5. The van der Waals surface area contributed by atoms with Gasteiger partial charge in [-0.05, 0) is 11.6 Å². The summed E-state index contributed by atoms with van der Waals surface area (Å²) in [6.07, 6.45) is -2.47. The van der Waals surface area contributed by atoms with Gasteiger partial charge in [0, 0.05) is 51.9 Å². The molecule has 0 unspecified atom stereocenters. The summed E-state index contributed by atoms with van der Waals surface area (Å²) >= 11 is 0. The maximum Gasteiger partial charge on any atom is 6.00 e. The maximum absolute atomic E-state index is 11.8. The Balaban J connectivity index is 0.00000612. The van der Waals surface area contributed by atoms with Crippen LogP contribution in [-0.2, 0) is 33.7 Å². The summed E-state index contributed by atoms with van der Waals surface area (Å²) in [4.78, 5) is 5.04. The molecule has 0 spiro atoms. The van der Waals surface area contributed by atoms with E-state index in [9.17, 15) is 43.6 Å². The van der Waals surface area contributed by atoms with Gasteiger partial charge < -0.3 is 35.2 Å². The molecule has 0 aliphatic carbocycles. The Morgan fingerprint density at radius 2 is 1.31 bits per heavy atom. The van der Waals surface area contributed by atoms with Crippen molar-refractivity contribution in [3.05, 3.63) is 29.8 Å². The quantitative estimate of drug-likeness (QED) is 0.130. The van der Waals surface area contributed by atoms with Gasteiger partial charge in [-0.15, -0.1) is 6.61 Å². The van der Waals surface area contributed by atoms with Crippen molar-refractivity contribution < 1.29 is 60.7 Å². The van der Waals surface area contributed by atoms with E-state index in [0.717, 1.165) is 0 Å². The fourth-order valence-corrected chi connectivity index (χ4v) is 4.96. The Hall–Kier alpha value is -0.711. The van der Waals surface area contributed by atoms with Crippen LogP contribution in [0.1, 0.15) is 5.56 Å². The van der Waals surface area contributed by atoms with Gasteiger partial charge in [0.1, 0.15) is 10.1 Å². The van der Waals surface area contributed by atoms with Crippen molar-refractivity contribution in [1.29, 1.82) is 0 Å². The van der Waals surface area contributed by atoms with Gasteiger partial charge in [-0.1, -0.05) is 18.2 Å². The standard InChI is InChI=1S/C21H36N3O9S.Fe/c25-12-17(19(29)14-27)23-7-5-22(11-16-3-1-2-4-21(16)34(31,32)33)6-8-24(10-9-23)18(13-26)20(30)15-28;/h1-4,17-20,25,27-30H,5-15H2,(H,31,32,33);/q-1;+6/p-1/t17-,18-,19-,20-;/m1./s1. The van der Waals surface area contributed by atoms with Crippen molar-refractivity contribution in [2.75, 3.05) is 65.7 Å². The summed E-state index contributed by atoms with van der Waals surface area (Å²) < 4.78 is 35.1. The van der Waals surface area contributed by atoms with E-state index in [4.69, 9.17) is 0 Å². The number of hydrogen-bond acceptors (Lipinski definition) is 12. The van der Waals surface area contributed by atoms with Crippen LogP contribution in [0.15, 0.2) is 29.2 Å². The monoisotopic (exact) mass is 561 g/mol. The number of rotatable bonds is 11. The smallest absolute Gasteiger partial charge is 0.853 e. The third kappa shape index (κ3) is 9.27. The second kappa shape index (κ2) is 15.5. The summed E-state index contributed by atoms with van der Waals surface area (Å²) in [6, 6.07) is 4.23. The molecule has 35 heavy (non-hydrogen) atoms. The Kier molecular flexibility index (Phi) is 14.3. The van der Waals surface area contributed by atoms with Crippen molar-refractivity contribution in [3.63, 3.8) is 0 Å². The van der Waals surface area contributed by atoms with Gasteiger partial charge in [-0.25, -0.2) is 8.42 Å². The van der Waals surface area contributed by atoms with E-state index < -0.39 is 60.8 Å². The van der Waals surface area contributed by atoms with Crippen LogP contribution in [0.25, 0.3) is 0 Å². The third-order valence-corrected chi connectivity index (χ3v) is 7.21. The van der Waals surface area contributed by atoms with Gasteiger partial charge >= 0.3 is 17.1 Å². The summed E-state index contributed by atoms with van der Waals surface area (Å²) in [5.74, 6) is 0. The Morgan fingerprint density at radius 1 is 0.829 bits per heavy atom.